The summed E-state index contributed by atoms with van der Waals surface area (Å²) < 4.78 is 11.8. The van der Waals surface area contributed by atoms with E-state index in [1.165, 1.54) is 0 Å². The van der Waals surface area contributed by atoms with E-state index >= 15 is 0 Å². The number of rotatable bonds is 6. The fourth-order valence-corrected chi connectivity index (χ4v) is 3.54. The van der Waals surface area contributed by atoms with E-state index in [9.17, 15) is 9.59 Å². The molecule has 1 unspecified atom stereocenters. The van der Waals surface area contributed by atoms with Crippen molar-refractivity contribution in [2.75, 3.05) is 19.7 Å². The largest absolute Gasteiger partial charge is 0.493 e. The Kier molecular flexibility index (Phi) is 6.78. The Labute approximate surface area is 173 Å². The number of hydrogen-bond donors (Lipinski definition) is 1. The van der Waals surface area contributed by atoms with Crippen LogP contribution in [0, 0.1) is 5.92 Å². The van der Waals surface area contributed by atoms with Crippen LogP contribution < -0.4 is 10.1 Å². The number of ether oxygens (including phenoxy) is 1. The van der Waals surface area contributed by atoms with Gasteiger partial charge in [0.2, 0.25) is 0 Å². The van der Waals surface area contributed by atoms with E-state index in [0.29, 0.717) is 29.1 Å². The highest BCUT2D eigenvalue weighted by atomic mass is 79.9. The van der Waals surface area contributed by atoms with Crippen molar-refractivity contribution >= 4 is 27.7 Å². The maximum Gasteiger partial charge on any atom is 0.289 e. The average Bonchev–Trinajstić information content (AvgIpc) is 3.12. The van der Waals surface area contributed by atoms with Crippen molar-refractivity contribution in [3.63, 3.8) is 0 Å². The van der Waals surface area contributed by atoms with Crippen LogP contribution in [0.3, 0.4) is 0 Å². The highest BCUT2D eigenvalue weighted by Crippen LogP contribution is 2.22. The molecule has 1 aromatic heterocycles. The molecular weight excluding hydrogens is 424 g/mol. The molecule has 1 saturated heterocycles. The summed E-state index contributed by atoms with van der Waals surface area (Å²) in [6, 6.07) is 10.6. The third-order valence-corrected chi connectivity index (χ3v) is 5.04. The molecule has 1 N–H and O–H groups in total. The van der Waals surface area contributed by atoms with Crippen LogP contribution in [0.25, 0.3) is 0 Å². The summed E-state index contributed by atoms with van der Waals surface area (Å²) in [6.45, 7) is 5.76. The molecule has 3 rings (SSSR count). The van der Waals surface area contributed by atoms with E-state index < -0.39 is 0 Å². The predicted octanol–water partition coefficient (Wildman–Crippen LogP) is 4.11. The smallest absolute Gasteiger partial charge is 0.289 e. The number of nitrogens with zero attached hydrogens (tertiary/aromatic N) is 1. The molecule has 0 spiro atoms. The van der Waals surface area contributed by atoms with Gasteiger partial charge in [-0.2, -0.15) is 0 Å². The van der Waals surface area contributed by atoms with E-state index in [1.54, 1.807) is 36.4 Å². The van der Waals surface area contributed by atoms with Crippen LogP contribution >= 0.6 is 15.9 Å². The Morgan fingerprint density at radius 1 is 1.25 bits per heavy atom. The lowest BCUT2D eigenvalue weighted by Gasteiger charge is -2.32. The lowest BCUT2D eigenvalue weighted by atomic mass is 9.98. The summed E-state index contributed by atoms with van der Waals surface area (Å²) in [7, 11) is 0. The highest BCUT2D eigenvalue weighted by molar-refractivity contribution is 9.10. The molecule has 1 aliphatic heterocycles. The minimum Gasteiger partial charge on any atom is -0.493 e. The molecule has 6 nitrogen and oxygen atoms in total. The second-order valence-electron chi connectivity index (χ2n) is 7.33. The Morgan fingerprint density at radius 3 is 2.64 bits per heavy atom. The zero-order valence-electron chi connectivity index (χ0n) is 16.1. The zero-order chi connectivity index (χ0) is 20.1. The molecule has 1 atom stereocenters. The third kappa shape index (κ3) is 5.38. The van der Waals surface area contributed by atoms with Crippen molar-refractivity contribution in [3.05, 3.63) is 52.4 Å². The van der Waals surface area contributed by atoms with Crippen LogP contribution in [-0.2, 0) is 0 Å². The van der Waals surface area contributed by atoms with Crippen LogP contribution in [0.5, 0.6) is 5.75 Å². The van der Waals surface area contributed by atoms with Crippen molar-refractivity contribution in [1.29, 1.82) is 0 Å². The number of benzene rings is 1. The highest BCUT2D eigenvalue weighted by Gasteiger charge is 2.26. The topological polar surface area (TPSA) is 71.8 Å². The van der Waals surface area contributed by atoms with Crippen LogP contribution in [0.2, 0.25) is 0 Å². The second kappa shape index (κ2) is 9.28. The summed E-state index contributed by atoms with van der Waals surface area (Å²) in [6.07, 6.45) is 1.95. The number of carbonyl (C=O) groups excluding carboxylic acids is 2. The van der Waals surface area contributed by atoms with Gasteiger partial charge in [-0.15, -0.1) is 0 Å². The number of piperidine rings is 1. The normalized spacial score (nSPS) is 16.9. The Bertz CT molecular complexity index is 816. The van der Waals surface area contributed by atoms with Crippen molar-refractivity contribution in [1.82, 2.24) is 10.2 Å². The first-order valence-electron chi connectivity index (χ1n) is 9.50. The first-order valence-corrected chi connectivity index (χ1v) is 10.3. The fourth-order valence-electron chi connectivity index (χ4n) is 3.23. The van der Waals surface area contributed by atoms with Gasteiger partial charge in [-0.3, -0.25) is 9.59 Å². The molecule has 1 aromatic carbocycles. The first-order chi connectivity index (χ1) is 13.4. The van der Waals surface area contributed by atoms with Crippen molar-refractivity contribution in [2.24, 2.45) is 5.92 Å². The molecule has 0 radical (unpaired) electrons. The molecule has 7 heteroatoms. The maximum absolute atomic E-state index is 12.5. The van der Waals surface area contributed by atoms with E-state index in [2.05, 4.69) is 21.2 Å². The van der Waals surface area contributed by atoms with Crippen LogP contribution in [0.15, 0.2) is 45.5 Å². The number of hydrogen-bond acceptors (Lipinski definition) is 4. The van der Waals surface area contributed by atoms with Gasteiger partial charge in [0.1, 0.15) is 5.75 Å². The summed E-state index contributed by atoms with van der Waals surface area (Å²) in [5.74, 6) is 1.16. The van der Waals surface area contributed by atoms with Gasteiger partial charge in [0.25, 0.3) is 11.8 Å². The lowest BCUT2D eigenvalue weighted by molar-refractivity contribution is 0.0601. The molecule has 1 aliphatic rings. The van der Waals surface area contributed by atoms with Crippen LogP contribution in [0.4, 0.5) is 0 Å². The first kappa shape index (κ1) is 20.5. The Morgan fingerprint density at radius 2 is 2.00 bits per heavy atom. The summed E-state index contributed by atoms with van der Waals surface area (Å²) in [5.41, 5.74) is 0.611. The molecular formula is C21H25BrN2O4. The molecule has 150 valence electrons. The molecule has 2 heterocycles. The van der Waals surface area contributed by atoms with Gasteiger partial charge in [0.05, 0.1) is 6.61 Å². The molecule has 0 aliphatic carbocycles. The maximum atomic E-state index is 12.5. The van der Waals surface area contributed by atoms with Gasteiger partial charge in [-0.05, 0) is 79.0 Å². The zero-order valence-corrected chi connectivity index (χ0v) is 17.7. The van der Waals surface area contributed by atoms with Crippen molar-refractivity contribution < 1.29 is 18.7 Å². The number of carbonyl (C=O) groups is 2. The molecule has 1 fully saturated rings. The van der Waals surface area contributed by atoms with Gasteiger partial charge in [-0.25, -0.2) is 0 Å². The van der Waals surface area contributed by atoms with Gasteiger partial charge >= 0.3 is 0 Å². The minimum atomic E-state index is -0.0902. The second-order valence-corrected chi connectivity index (χ2v) is 8.11. The van der Waals surface area contributed by atoms with Gasteiger partial charge in [0.15, 0.2) is 10.4 Å². The SMILES string of the molecule is CC(C)NC(=O)c1ccc(OCC2CCCN(C(=O)c3ccc(Br)o3)C2)cc1. The molecule has 28 heavy (non-hydrogen) atoms. The van der Waals surface area contributed by atoms with Gasteiger partial charge in [0, 0.05) is 30.6 Å². The average molecular weight is 449 g/mol. The molecule has 0 bridgehead atoms. The standard InChI is InChI=1S/C21H25BrN2O4/c1-14(2)23-20(25)16-5-7-17(8-6-16)27-13-15-4-3-11-24(12-15)21(26)18-9-10-19(22)28-18/h5-10,14-15H,3-4,11-13H2,1-2H3,(H,23,25). The molecule has 0 saturated carbocycles. The third-order valence-electron chi connectivity index (χ3n) is 4.61. The molecule has 2 amide bonds. The number of nitrogens with one attached hydrogen (secondary N) is 1. The molecule has 2 aromatic rings. The van der Waals surface area contributed by atoms with Crippen LogP contribution in [-0.4, -0.2) is 42.5 Å². The monoisotopic (exact) mass is 448 g/mol. The van der Waals surface area contributed by atoms with E-state index in [1.807, 2.05) is 18.7 Å². The fraction of sp³-hybridized carbons (Fsp3) is 0.429. The minimum absolute atomic E-state index is 0.0871. The Hall–Kier alpha value is -2.28. The number of amides is 2. The Balaban J connectivity index is 1.51. The number of furan rings is 1. The van der Waals surface area contributed by atoms with Crippen LogP contribution in [0.1, 0.15) is 47.6 Å². The van der Waals surface area contributed by atoms with E-state index in [-0.39, 0.29) is 23.8 Å². The number of halogens is 1. The quantitative estimate of drug-likeness (QED) is 0.721. The summed E-state index contributed by atoms with van der Waals surface area (Å²) in [4.78, 5) is 26.4. The number of likely N-dealkylation sites (tertiary alicyclic amines) is 1. The van der Waals surface area contributed by atoms with Gasteiger partial charge in [-0.1, -0.05) is 0 Å². The van der Waals surface area contributed by atoms with Crippen molar-refractivity contribution in [2.45, 2.75) is 32.7 Å². The lowest BCUT2D eigenvalue weighted by Crippen LogP contribution is -2.41. The van der Waals surface area contributed by atoms with Crippen molar-refractivity contribution in [3.8, 4) is 5.75 Å². The summed E-state index contributed by atoms with van der Waals surface area (Å²) >= 11 is 3.23. The summed E-state index contributed by atoms with van der Waals surface area (Å²) in [5, 5.41) is 2.86. The van der Waals surface area contributed by atoms with E-state index in [0.717, 1.165) is 25.1 Å². The van der Waals surface area contributed by atoms with Gasteiger partial charge < -0.3 is 19.4 Å². The predicted molar refractivity (Wildman–Crippen MR) is 110 cm³/mol. The van der Waals surface area contributed by atoms with E-state index in [4.69, 9.17) is 9.15 Å².